The van der Waals surface area contributed by atoms with Gasteiger partial charge in [-0.1, -0.05) is 0 Å². The minimum atomic E-state index is 0.199. The van der Waals surface area contributed by atoms with Gasteiger partial charge in [0.15, 0.2) is 0 Å². The van der Waals surface area contributed by atoms with E-state index in [9.17, 15) is 5.11 Å². The first-order chi connectivity index (χ1) is 10.7. The summed E-state index contributed by atoms with van der Waals surface area (Å²) in [6, 6.07) is 2.88. The van der Waals surface area contributed by atoms with Gasteiger partial charge in [0.05, 0.1) is 12.6 Å². The van der Waals surface area contributed by atoms with Crippen molar-refractivity contribution in [3.05, 3.63) is 12.4 Å². The number of likely N-dealkylation sites (N-methyl/N-ethyl adjacent to an activating group) is 1. The highest BCUT2D eigenvalue weighted by Crippen LogP contribution is 2.27. The van der Waals surface area contributed by atoms with E-state index in [0.29, 0.717) is 6.04 Å². The number of piperidine rings is 1. The summed E-state index contributed by atoms with van der Waals surface area (Å²) in [6.45, 7) is 3.24. The van der Waals surface area contributed by atoms with Crippen LogP contribution < -0.4 is 9.80 Å². The number of aliphatic hydroxyl groups is 1. The van der Waals surface area contributed by atoms with Crippen molar-refractivity contribution >= 4 is 11.6 Å². The average Bonchev–Trinajstić information content (AvgIpc) is 3.05. The molecule has 6 heteroatoms. The molecule has 2 atom stereocenters. The molecule has 1 aromatic heterocycles. The first-order valence-corrected chi connectivity index (χ1v) is 8.30. The molecular formula is C16H27N5O. The van der Waals surface area contributed by atoms with Crippen LogP contribution in [0, 0.1) is 0 Å². The molecule has 3 heterocycles. The smallest absolute Gasteiger partial charge is 0.134 e. The van der Waals surface area contributed by atoms with Crippen molar-refractivity contribution in [2.24, 2.45) is 0 Å². The molecule has 0 aliphatic carbocycles. The third-order valence-corrected chi connectivity index (χ3v) is 4.99. The summed E-state index contributed by atoms with van der Waals surface area (Å²) >= 11 is 0. The zero-order valence-corrected chi connectivity index (χ0v) is 13.6. The molecule has 3 rings (SSSR count). The van der Waals surface area contributed by atoms with Crippen LogP contribution in [-0.4, -0.2) is 72.4 Å². The Balaban J connectivity index is 1.75. The van der Waals surface area contributed by atoms with Crippen LogP contribution in [0.25, 0.3) is 0 Å². The van der Waals surface area contributed by atoms with E-state index in [1.807, 2.05) is 0 Å². The molecule has 0 bridgehead atoms. The van der Waals surface area contributed by atoms with Crippen LogP contribution in [0.4, 0.5) is 11.6 Å². The average molecular weight is 305 g/mol. The molecule has 6 nitrogen and oxygen atoms in total. The zero-order valence-electron chi connectivity index (χ0n) is 13.6. The summed E-state index contributed by atoms with van der Waals surface area (Å²) < 4.78 is 0. The largest absolute Gasteiger partial charge is 0.394 e. The van der Waals surface area contributed by atoms with Crippen molar-refractivity contribution in [1.29, 1.82) is 0 Å². The van der Waals surface area contributed by atoms with Gasteiger partial charge < -0.3 is 19.8 Å². The third kappa shape index (κ3) is 3.17. The summed E-state index contributed by atoms with van der Waals surface area (Å²) in [7, 11) is 4.28. The minimum absolute atomic E-state index is 0.199. The molecule has 1 N–H and O–H groups in total. The lowest BCUT2D eigenvalue weighted by atomic mass is 10.0. The van der Waals surface area contributed by atoms with Crippen LogP contribution in [-0.2, 0) is 0 Å². The quantitative estimate of drug-likeness (QED) is 0.894. The van der Waals surface area contributed by atoms with Crippen LogP contribution >= 0.6 is 0 Å². The van der Waals surface area contributed by atoms with Crippen molar-refractivity contribution in [2.75, 3.05) is 50.1 Å². The predicted octanol–water partition coefficient (Wildman–Crippen LogP) is 0.968. The minimum Gasteiger partial charge on any atom is -0.394 e. The lowest BCUT2D eigenvalue weighted by molar-refractivity contribution is 0.239. The molecule has 1 aromatic rings. The van der Waals surface area contributed by atoms with Crippen LogP contribution in [0.3, 0.4) is 0 Å². The van der Waals surface area contributed by atoms with Crippen molar-refractivity contribution in [3.63, 3.8) is 0 Å². The molecule has 0 saturated carbocycles. The molecule has 2 fully saturated rings. The van der Waals surface area contributed by atoms with Gasteiger partial charge in [0, 0.05) is 31.7 Å². The monoisotopic (exact) mass is 305 g/mol. The van der Waals surface area contributed by atoms with E-state index in [1.54, 1.807) is 6.33 Å². The van der Waals surface area contributed by atoms with Crippen LogP contribution in [0.2, 0.25) is 0 Å². The fraction of sp³-hybridized carbons (Fsp3) is 0.750. The van der Waals surface area contributed by atoms with Gasteiger partial charge in [-0.25, -0.2) is 9.97 Å². The van der Waals surface area contributed by atoms with E-state index in [2.05, 4.69) is 44.8 Å². The zero-order chi connectivity index (χ0) is 15.5. The Bertz CT molecular complexity index is 495. The Morgan fingerprint density at radius 3 is 2.73 bits per heavy atom. The second kappa shape index (κ2) is 6.79. The summed E-state index contributed by atoms with van der Waals surface area (Å²) in [6.07, 6.45) is 6.24. The summed E-state index contributed by atoms with van der Waals surface area (Å²) in [5, 5.41) is 9.60. The second-order valence-corrected chi connectivity index (χ2v) is 6.61. The molecule has 0 aromatic carbocycles. The van der Waals surface area contributed by atoms with Gasteiger partial charge in [-0.05, 0) is 39.8 Å². The second-order valence-electron chi connectivity index (χ2n) is 6.61. The first kappa shape index (κ1) is 15.5. The van der Waals surface area contributed by atoms with Crippen molar-refractivity contribution < 1.29 is 5.11 Å². The Labute approximate surface area is 132 Å². The number of anilines is 2. The van der Waals surface area contributed by atoms with E-state index in [-0.39, 0.29) is 12.6 Å². The first-order valence-electron chi connectivity index (χ1n) is 8.30. The molecular weight excluding hydrogens is 278 g/mol. The van der Waals surface area contributed by atoms with Gasteiger partial charge in [-0.15, -0.1) is 0 Å². The molecule has 2 aliphatic rings. The SMILES string of the molecule is CN(C)C1CCN(c2cc(N3CCCCC3CO)ncn2)C1. The fourth-order valence-electron chi connectivity index (χ4n) is 3.53. The Hall–Kier alpha value is -1.40. The van der Waals surface area contributed by atoms with Gasteiger partial charge in [0.1, 0.15) is 18.0 Å². The Morgan fingerprint density at radius 2 is 2.00 bits per heavy atom. The maximum Gasteiger partial charge on any atom is 0.134 e. The molecule has 122 valence electrons. The summed E-state index contributed by atoms with van der Waals surface area (Å²) in [5.74, 6) is 1.97. The normalized spacial score (nSPS) is 26.0. The van der Waals surface area contributed by atoms with Gasteiger partial charge in [-0.2, -0.15) is 0 Å². The van der Waals surface area contributed by atoms with E-state index < -0.39 is 0 Å². The molecule has 2 unspecified atom stereocenters. The maximum atomic E-state index is 9.60. The van der Waals surface area contributed by atoms with Gasteiger partial charge in [0.25, 0.3) is 0 Å². The van der Waals surface area contributed by atoms with Crippen molar-refractivity contribution in [2.45, 2.75) is 37.8 Å². The van der Waals surface area contributed by atoms with Crippen molar-refractivity contribution in [3.8, 4) is 0 Å². The number of hydrogen-bond acceptors (Lipinski definition) is 6. The number of nitrogens with zero attached hydrogens (tertiary/aromatic N) is 5. The van der Waals surface area contributed by atoms with E-state index in [4.69, 9.17) is 0 Å². The van der Waals surface area contributed by atoms with E-state index in [1.165, 1.54) is 19.3 Å². The number of rotatable bonds is 4. The molecule has 2 saturated heterocycles. The fourth-order valence-corrected chi connectivity index (χ4v) is 3.53. The third-order valence-electron chi connectivity index (χ3n) is 4.99. The van der Waals surface area contributed by atoms with E-state index >= 15 is 0 Å². The lowest BCUT2D eigenvalue weighted by Crippen LogP contribution is -2.42. The van der Waals surface area contributed by atoms with Crippen LogP contribution in [0.15, 0.2) is 12.4 Å². The maximum absolute atomic E-state index is 9.60. The number of hydrogen-bond donors (Lipinski definition) is 1. The van der Waals surface area contributed by atoms with Gasteiger partial charge in [-0.3, -0.25) is 0 Å². The molecule has 0 spiro atoms. The highest BCUT2D eigenvalue weighted by atomic mass is 16.3. The predicted molar refractivity (Wildman–Crippen MR) is 88.4 cm³/mol. The number of aromatic nitrogens is 2. The molecule has 22 heavy (non-hydrogen) atoms. The highest BCUT2D eigenvalue weighted by Gasteiger charge is 2.27. The van der Waals surface area contributed by atoms with E-state index in [0.717, 1.165) is 37.7 Å². The highest BCUT2D eigenvalue weighted by molar-refractivity contribution is 5.51. The molecule has 0 amide bonds. The lowest BCUT2D eigenvalue weighted by Gasteiger charge is -2.35. The molecule has 2 aliphatic heterocycles. The molecule has 0 radical (unpaired) electrons. The van der Waals surface area contributed by atoms with Crippen LogP contribution in [0.5, 0.6) is 0 Å². The number of aliphatic hydroxyl groups excluding tert-OH is 1. The topological polar surface area (TPSA) is 55.7 Å². The van der Waals surface area contributed by atoms with Gasteiger partial charge >= 0.3 is 0 Å². The standard InChI is InChI=1S/C16H27N5O/c1-19(2)13-6-8-20(10-13)15-9-16(18-12-17-15)21-7-4-3-5-14(21)11-22/h9,12-14,22H,3-8,10-11H2,1-2H3. The van der Waals surface area contributed by atoms with Crippen LogP contribution in [0.1, 0.15) is 25.7 Å². The summed E-state index contributed by atoms with van der Waals surface area (Å²) in [5.41, 5.74) is 0. The van der Waals surface area contributed by atoms with Crippen molar-refractivity contribution in [1.82, 2.24) is 14.9 Å². The summed E-state index contributed by atoms with van der Waals surface area (Å²) in [4.78, 5) is 15.8. The van der Waals surface area contributed by atoms with Gasteiger partial charge in [0.2, 0.25) is 0 Å². The Morgan fingerprint density at radius 1 is 1.18 bits per heavy atom. The Kier molecular flexibility index (Phi) is 4.78.